The molecular formula is C23H29FN8O. The van der Waals surface area contributed by atoms with Crippen LogP contribution in [0.1, 0.15) is 40.5 Å². The predicted molar refractivity (Wildman–Crippen MR) is 125 cm³/mol. The number of likely N-dealkylation sites (N-methyl/N-ethyl adjacent to an activating group) is 1. The van der Waals surface area contributed by atoms with Crippen molar-refractivity contribution in [2.45, 2.75) is 32.2 Å². The van der Waals surface area contributed by atoms with Gasteiger partial charge in [0.2, 0.25) is 0 Å². The summed E-state index contributed by atoms with van der Waals surface area (Å²) in [6.45, 7) is 4.73. The molecule has 1 aliphatic heterocycles. The first-order chi connectivity index (χ1) is 15.9. The van der Waals surface area contributed by atoms with E-state index < -0.39 is 5.91 Å². The third kappa shape index (κ3) is 4.65. The van der Waals surface area contributed by atoms with E-state index in [4.69, 9.17) is 16.5 Å². The van der Waals surface area contributed by atoms with Gasteiger partial charge < -0.3 is 26.3 Å². The highest BCUT2D eigenvalue weighted by Crippen LogP contribution is 2.33. The average molecular weight is 453 g/mol. The number of hydrogen-bond acceptors (Lipinski definition) is 7. The fourth-order valence-corrected chi connectivity index (χ4v) is 4.33. The molecule has 0 saturated carbocycles. The number of aryl methyl sites for hydroxylation is 1. The number of carbonyl (C=O) groups is 1. The predicted octanol–water partition coefficient (Wildman–Crippen LogP) is 2.07. The second-order valence-electron chi connectivity index (χ2n) is 8.33. The van der Waals surface area contributed by atoms with Crippen LogP contribution >= 0.6 is 0 Å². The van der Waals surface area contributed by atoms with Gasteiger partial charge in [-0.25, -0.2) is 19.3 Å². The van der Waals surface area contributed by atoms with Gasteiger partial charge in [-0.3, -0.25) is 4.79 Å². The SMILES string of the molecule is CNCCn1cc(-c2ccc(F)c(C)c2)nc1C1CCN(c2ncnc(N)c2C(N)=O)CC1. The van der Waals surface area contributed by atoms with E-state index in [-0.39, 0.29) is 23.1 Å². The van der Waals surface area contributed by atoms with E-state index in [1.807, 2.05) is 24.2 Å². The van der Waals surface area contributed by atoms with E-state index in [0.717, 1.165) is 43.0 Å². The first-order valence-corrected chi connectivity index (χ1v) is 11.0. The van der Waals surface area contributed by atoms with Crippen LogP contribution in [0.15, 0.2) is 30.7 Å². The number of piperidine rings is 1. The number of anilines is 2. The average Bonchev–Trinajstić information content (AvgIpc) is 3.23. The lowest BCUT2D eigenvalue weighted by Crippen LogP contribution is -2.36. The molecular weight excluding hydrogens is 423 g/mol. The van der Waals surface area contributed by atoms with Gasteiger partial charge in [-0.05, 0) is 50.6 Å². The Hall–Kier alpha value is -3.53. The smallest absolute Gasteiger partial charge is 0.256 e. The molecule has 2 aromatic heterocycles. The normalized spacial score (nSPS) is 14.6. The molecule has 33 heavy (non-hydrogen) atoms. The van der Waals surface area contributed by atoms with Crippen LogP contribution in [0.3, 0.4) is 0 Å². The van der Waals surface area contributed by atoms with Crippen molar-refractivity contribution in [3.8, 4) is 11.3 Å². The van der Waals surface area contributed by atoms with Crippen LogP contribution < -0.4 is 21.7 Å². The van der Waals surface area contributed by atoms with Crippen molar-refractivity contribution in [2.75, 3.05) is 37.3 Å². The minimum atomic E-state index is -0.632. The number of imidazole rings is 1. The minimum Gasteiger partial charge on any atom is -0.383 e. The third-order valence-electron chi connectivity index (χ3n) is 6.13. The number of nitrogens with zero attached hydrogens (tertiary/aromatic N) is 5. The van der Waals surface area contributed by atoms with Gasteiger partial charge in [0.1, 0.15) is 35.2 Å². The Labute approximate surface area is 192 Å². The Morgan fingerprint density at radius 1 is 1.27 bits per heavy atom. The Kier molecular flexibility index (Phi) is 6.55. The van der Waals surface area contributed by atoms with E-state index in [2.05, 4.69) is 19.9 Å². The molecule has 0 atom stereocenters. The summed E-state index contributed by atoms with van der Waals surface area (Å²) in [5.74, 6) is 0.975. The highest BCUT2D eigenvalue weighted by Gasteiger charge is 2.28. The quantitative estimate of drug-likeness (QED) is 0.501. The summed E-state index contributed by atoms with van der Waals surface area (Å²) in [5, 5.41) is 3.19. The van der Waals surface area contributed by atoms with Crippen LogP contribution in [-0.4, -0.2) is 52.1 Å². The summed E-state index contributed by atoms with van der Waals surface area (Å²) < 4.78 is 15.9. The summed E-state index contributed by atoms with van der Waals surface area (Å²) in [4.78, 5) is 27.1. The molecule has 1 aromatic carbocycles. The monoisotopic (exact) mass is 452 g/mol. The molecule has 3 aromatic rings. The number of primary amides is 1. The molecule has 1 fully saturated rings. The Balaban J connectivity index is 1.57. The summed E-state index contributed by atoms with van der Waals surface area (Å²) in [5.41, 5.74) is 13.9. The maximum absolute atomic E-state index is 13.8. The number of halogens is 1. The molecule has 0 spiro atoms. The fourth-order valence-electron chi connectivity index (χ4n) is 4.33. The number of nitrogen functional groups attached to an aromatic ring is 1. The van der Waals surface area contributed by atoms with Gasteiger partial charge >= 0.3 is 0 Å². The molecule has 174 valence electrons. The molecule has 1 amide bonds. The summed E-state index contributed by atoms with van der Waals surface area (Å²) in [6.07, 6.45) is 5.06. The largest absolute Gasteiger partial charge is 0.383 e. The first-order valence-electron chi connectivity index (χ1n) is 11.0. The van der Waals surface area contributed by atoms with E-state index >= 15 is 0 Å². The summed E-state index contributed by atoms with van der Waals surface area (Å²) in [6, 6.07) is 5.08. The second kappa shape index (κ2) is 9.53. The van der Waals surface area contributed by atoms with Gasteiger partial charge in [0, 0.05) is 43.9 Å². The molecule has 1 aliphatic rings. The standard InChI is InChI=1S/C23H29FN8O/c1-14-11-16(3-4-17(14)24)18-12-32(10-7-27-2)22(30-18)15-5-8-31(9-6-15)23-19(21(26)33)20(25)28-13-29-23/h3-4,11-13,15,27H,5-10H2,1-2H3,(H2,26,33)(H2,25,28,29). The highest BCUT2D eigenvalue weighted by atomic mass is 19.1. The zero-order valence-corrected chi connectivity index (χ0v) is 18.9. The molecule has 9 nitrogen and oxygen atoms in total. The number of aromatic nitrogens is 4. The first kappa shape index (κ1) is 22.7. The number of benzene rings is 1. The third-order valence-corrected chi connectivity index (χ3v) is 6.13. The van der Waals surface area contributed by atoms with Crippen molar-refractivity contribution >= 4 is 17.5 Å². The lowest BCUT2D eigenvalue weighted by Gasteiger charge is -2.33. The van der Waals surface area contributed by atoms with Crippen molar-refractivity contribution in [3.63, 3.8) is 0 Å². The van der Waals surface area contributed by atoms with Crippen molar-refractivity contribution in [3.05, 3.63) is 53.5 Å². The Morgan fingerprint density at radius 3 is 2.70 bits per heavy atom. The van der Waals surface area contributed by atoms with Gasteiger partial charge in [0.05, 0.1) is 5.69 Å². The molecule has 0 aliphatic carbocycles. The zero-order valence-electron chi connectivity index (χ0n) is 18.9. The van der Waals surface area contributed by atoms with Gasteiger partial charge in [-0.1, -0.05) is 0 Å². The Bertz CT molecular complexity index is 1150. The maximum atomic E-state index is 13.8. The summed E-state index contributed by atoms with van der Waals surface area (Å²) in [7, 11) is 1.92. The molecule has 1 saturated heterocycles. The van der Waals surface area contributed by atoms with Gasteiger partial charge in [-0.15, -0.1) is 0 Å². The topological polar surface area (TPSA) is 128 Å². The number of hydrogen-bond donors (Lipinski definition) is 3. The number of amides is 1. The van der Waals surface area contributed by atoms with Crippen molar-refractivity contribution in [1.82, 2.24) is 24.8 Å². The second-order valence-corrected chi connectivity index (χ2v) is 8.33. The van der Waals surface area contributed by atoms with Crippen LogP contribution in [0.2, 0.25) is 0 Å². The van der Waals surface area contributed by atoms with Crippen LogP contribution in [0, 0.1) is 12.7 Å². The van der Waals surface area contributed by atoms with Gasteiger partial charge in [0.15, 0.2) is 0 Å². The number of rotatable bonds is 7. The van der Waals surface area contributed by atoms with Crippen molar-refractivity contribution in [2.24, 2.45) is 5.73 Å². The lowest BCUT2D eigenvalue weighted by atomic mass is 9.95. The zero-order chi connectivity index (χ0) is 23.5. The van der Waals surface area contributed by atoms with Crippen molar-refractivity contribution < 1.29 is 9.18 Å². The highest BCUT2D eigenvalue weighted by molar-refractivity contribution is 6.01. The maximum Gasteiger partial charge on any atom is 0.256 e. The molecule has 5 N–H and O–H groups in total. The lowest BCUT2D eigenvalue weighted by molar-refractivity contribution is 0.100. The van der Waals surface area contributed by atoms with Gasteiger partial charge in [0.25, 0.3) is 5.91 Å². The van der Waals surface area contributed by atoms with E-state index in [9.17, 15) is 9.18 Å². The number of nitrogens with one attached hydrogen (secondary N) is 1. The van der Waals surface area contributed by atoms with Crippen LogP contribution in [0.25, 0.3) is 11.3 Å². The van der Waals surface area contributed by atoms with Crippen LogP contribution in [0.4, 0.5) is 16.0 Å². The van der Waals surface area contributed by atoms with Crippen LogP contribution in [-0.2, 0) is 6.54 Å². The molecule has 3 heterocycles. The van der Waals surface area contributed by atoms with E-state index in [1.165, 1.54) is 12.4 Å². The Morgan fingerprint density at radius 2 is 2.03 bits per heavy atom. The fraction of sp³-hybridized carbons (Fsp3) is 0.391. The van der Waals surface area contributed by atoms with E-state index in [0.29, 0.717) is 24.5 Å². The summed E-state index contributed by atoms with van der Waals surface area (Å²) >= 11 is 0. The van der Waals surface area contributed by atoms with Crippen molar-refractivity contribution in [1.29, 1.82) is 0 Å². The molecule has 0 unspecified atom stereocenters. The van der Waals surface area contributed by atoms with Crippen LogP contribution in [0.5, 0.6) is 0 Å². The number of carbonyl (C=O) groups excluding carboxylic acids is 1. The molecule has 10 heteroatoms. The van der Waals surface area contributed by atoms with Gasteiger partial charge in [-0.2, -0.15) is 0 Å². The molecule has 0 bridgehead atoms. The van der Waals surface area contributed by atoms with E-state index in [1.54, 1.807) is 13.0 Å². The number of nitrogens with two attached hydrogens (primary N) is 2. The molecule has 4 rings (SSSR count). The minimum absolute atomic E-state index is 0.0939. The molecule has 0 radical (unpaired) electrons.